The number of carboxylic acids is 1. The van der Waals surface area contributed by atoms with E-state index in [1.807, 2.05) is 24.3 Å². The van der Waals surface area contributed by atoms with Gasteiger partial charge < -0.3 is 15.4 Å². The molecule has 3 rings (SSSR count). The second-order valence-electron chi connectivity index (χ2n) is 5.02. The van der Waals surface area contributed by atoms with Gasteiger partial charge in [0, 0.05) is 23.6 Å². The first-order valence-corrected chi connectivity index (χ1v) is 6.20. The molecular weight excluding hydrogens is 244 g/mol. The number of carboxylic acid groups (broad SMARTS) is 1. The SMILES string of the molecule is O=C(NCC1(C(=O)O)CC1)c1c[nH]c2ccccc12. The average molecular weight is 258 g/mol. The molecule has 1 amide bonds. The van der Waals surface area contributed by atoms with Gasteiger partial charge in [-0.2, -0.15) is 0 Å². The Bertz CT molecular complexity index is 656. The molecule has 1 aliphatic rings. The number of nitrogens with one attached hydrogen (secondary N) is 2. The van der Waals surface area contributed by atoms with Crippen molar-refractivity contribution in [2.45, 2.75) is 12.8 Å². The molecule has 0 unspecified atom stereocenters. The smallest absolute Gasteiger partial charge is 0.311 e. The molecule has 19 heavy (non-hydrogen) atoms. The third-order valence-electron chi connectivity index (χ3n) is 3.73. The Labute approximate surface area is 109 Å². The highest BCUT2D eigenvalue weighted by Crippen LogP contribution is 2.45. The van der Waals surface area contributed by atoms with Gasteiger partial charge >= 0.3 is 5.97 Å². The lowest BCUT2D eigenvalue weighted by atomic mass is 10.1. The van der Waals surface area contributed by atoms with Crippen molar-refractivity contribution in [1.29, 1.82) is 0 Å². The third kappa shape index (κ3) is 1.97. The second-order valence-corrected chi connectivity index (χ2v) is 5.02. The predicted octanol–water partition coefficient (Wildman–Crippen LogP) is 1.76. The van der Waals surface area contributed by atoms with E-state index in [-0.39, 0.29) is 12.5 Å². The fourth-order valence-corrected chi connectivity index (χ4v) is 2.22. The molecule has 98 valence electrons. The first-order chi connectivity index (χ1) is 9.12. The van der Waals surface area contributed by atoms with Crippen molar-refractivity contribution >= 4 is 22.8 Å². The van der Waals surface area contributed by atoms with Crippen LogP contribution in [0.25, 0.3) is 10.9 Å². The van der Waals surface area contributed by atoms with Crippen LogP contribution in [0.2, 0.25) is 0 Å². The van der Waals surface area contributed by atoms with E-state index >= 15 is 0 Å². The Morgan fingerprint density at radius 3 is 2.74 bits per heavy atom. The lowest BCUT2D eigenvalue weighted by Crippen LogP contribution is -2.34. The molecule has 0 aliphatic heterocycles. The molecule has 0 atom stereocenters. The molecule has 5 heteroatoms. The molecule has 0 saturated heterocycles. The van der Waals surface area contributed by atoms with E-state index < -0.39 is 11.4 Å². The summed E-state index contributed by atoms with van der Waals surface area (Å²) in [6, 6.07) is 7.52. The van der Waals surface area contributed by atoms with Gasteiger partial charge in [0.25, 0.3) is 5.91 Å². The summed E-state index contributed by atoms with van der Waals surface area (Å²) in [6.45, 7) is 0.195. The summed E-state index contributed by atoms with van der Waals surface area (Å²) in [4.78, 5) is 26.2. The quantitative estimate of drug-likeness (QED) is 0.781. The zero-order chi connectivity index (χ0) is 13.5. The molecule has 1 aromatic heterocycles. The average Bonchev–Trinajstić information content (AvgIpc) is 3.09. The zero-order valence-corrected chi connectivity index (χ0v) is 10.3. The number of hydrogen-bond acceptors (Lipinski definition) is 2. The summed E-state index contributed by atoms with van der Waals surface area (Å²) < 4.78 is 0. The molecular formula is C14H14N2O3. The van der Waals surface area contributed by atoms with Crippen LogP contribution in [0.15, 0.2) is 30.5 Å². The van der Waals surface area contributed by atoms with Crippen LogP contribution >= 0.6 is 0 Å². The molecule has 0 spiro atoms. The van der Waals surface area contributed by atoms with Gasteiger partial charge in [-0.25, -0.2) is 0 Å². The van der Waals surface area contributed by atoms with Crippen LogP contribution in [-0.2, 0) is 4.79 Å². The molecule has 2 aromatic rings. The lowest BCUT2D eigenvalue weighted by Gasteiger charge is -2.10. The Hall–Kier alpha value is -2.30. The second kappa shape index (κ2) is 4.12. The summed E-state index contributed by atoms with van der Waals surface area (Å²) in [5.74, 6) is -1.06. The number of carbonyl (C=O) groups excluding carboxylic acids is 1. The predicted molar refractivity (Wildman–Crippen MR) is 69.9 cm³/mol. The number of H-pyrrole nitrogens is 1. The molecule has 1 fully saturated rings. The molecule has 0 bridgehead atoms. The van der Waals surface area contributed by atoms with E-state index in [0.717, 1.165) is 10.9 Å². The lowest BCUT2D eigenvalue weighted by molar-refractivity contribution is -0.143. The Kier molecular flexibility index (Phi) is 2.55. The van der Waals surface area contributed by atoms with Crippen LogP contribution in [0, 0.1) is 5.41 Å². The number of aliphatic carboxylic acids is 1. The van der Waals surface area contributed by atoms with Gasteiger partial charge in [-0.1, -0.05) is 18.2 Å². The monoisotopic (exact) mass is 258 g/mol. The molecule has 1 aromatic carbocycles. The number of para-hydroxylation sites is 1. The van der Waals surface area contributed by atoms with Crippen molar-refractivity contribution < 1.29 is 14.7 Å². The van der Waals surface area contributed by atoms with Crippen LogP contribution in [0.1, 0.15) is 23.2 Å². The van der Waals surface area contributed by atoms with Crippen molar-refractivity contribution in [2.75, 3.05) is 6.54 Å². The van der Waals surface area contributed by atoms with Crippen molar-refractivity contribution in [3.63, 3.8) is 0 Å². The van der Waals surface area contributed by atoms with Gasteiger partial charge in [0.2, 0.25) is 0 Å². The van der Waals surface area contributed by atoms with Crippen LogP contribution < -0.4 is 5.32 Å². The van der Waals surface area contributed by atoms with E-state index in [1.165, 1.54) is 0 Å². The Balaban J connectivity index is 1.76. The zero-order valence-electron chi connectivity index (χ0n) is 10.3. The number of fused-ring (bicyclic) bond motifs is 1. The van der Waals surface area contributed by atoms with Crippen LogP contribution in [0.5, 0.6) is 0 Å². The highest BCUT2D eigenvalue weighted by Gasteiger charge is 2.50. The van der Waals surface area contributed by atoms with Crippen LogP contribution in [-0.4, -0.2) is 28.5 Å². The Morgan fingerprint density at radius 1 is 1.32 bits per heavy atom. The van der Waals surface area contributed by atoms with E-state index in [4.69, 9.17) is 5.11 Å². The summed E-state index contributed by atoms with van der Waals surface area (Å²) >= 11 is 0. The largest absolute Gasteiger partial charge is 0.481 e. The van der Waals surface area contributed by atoms with E-state index in [9.17, 15) is 9.59 Å². The van der Waals surface area contributed by atoms with Crippen LogP contribution in [0.3, 0.4) is 0 Å². The summed E-state index contributed by atoms with van der Waals surface area (Å²) in [7, 11) is 0. The number of rotatable bonds is 4. The fourth-order valence-electron chi connectivity index (χ4n) is 2.22. The number of hydrogen-bond donors (Lipinski definition) is 3. The standard InChI is InChI=1S/C14H14N2O3/c17-12(16-8-14(5-6-14)13(18)19)10-7-15-11-4-2-1-3-9(10)11/h1-4,7,15H,5-6,8H2,(H,16,17)(H,18,19). The van der Waals surface area contributed by atoms with Crippen molar-refractivity contribution in [2.24, 2.45) is 5.41 Å². The van der Waals surface area contributed by atoms with E-state index in [0.29, 0.717) is 18.4 Å². The van der Waals surface area contributed by atoms with Gasteiger partial charge in [-0.05, 0) is 18.9 Å². The maximum atomic E-state index is 12.1. The highest BCUT2D eigenvalue weighted by atomic mass is 16.4. The molecule has 0 radical (unpaired) electrons. The van der Waals surface area contributed by atoms with Crippen molar-refractivity contribution in [1.82, 2.24) is 10.3 Å². The molecule has 5 nitrogen and oxygen atoms in total. The fraction of sp³-hybridized carbons (Fsp3) is 0.286. The van der Waals surface area contributed by atoms with E-state index in [2.05, 4.69) is 10.3 Å². The minimum absolute atomic E-state index is 0.195. The number of carbonyl (C=O) groups is 2. The highest BCUT2D eigenvalue weighted by molar-refractivity contribution is 6.06. The Morgan fingerprint density at radius 2 is 2.05 bits per heavy atom. The number of aromatic nitrogens is 1. The van der Waals surface area contributed by atoms with Gasteiger partial charge in [-0.15, -0.1) is 0 Å². The van der Waals surface area contributed by atoms with Crippen LogP contribution in [0.4, 0.5) is 0 Å². The molecule has 1 saturated carbocycles. The van der Waals surface area contributed by atoms with Gasteiger partial charge in [0.1, 0.15) is 0 Å². The van der Waals surface area contributed by atoms with Crippen molar-refractivity contribution in [3.05, 3.63) is 36.0 Å². The molecule has 3 N–H and O–H groups in total. The molecule has 1 heterocycles. The van der Waals surface area contributed by atoms with E-state index in [1.54, 1.807) is 6.20 Å². The minimum atomic E-state index is -0.827. The minimum Gasteiger partial charge on any atom is -0.481 e. The van der Waals surface area contributed by atoms with Gasteiger partial charge in [0.15, 0.2) is 0 Å². The maximum Gasteiger partial charge on any atom is 0.311 e. The normalized spacial score (nSPS) is 16.2. The number of aromatic amines is 1. The topological polar surface area (TPSA) is 82.2 Å². The van der Waals surface area contributed by atoms with Crippen molar-refractivity contribution in [3.8, 4) is 0 Å². The first-order valence-electron chi connectivity index (χ1n) is 6.20. The summed E-state index contributed by atoms with van der Waals surface area (Å²) in [5, 5.41) is 12.6. The first kappa shape index (κ1) is 11.8. The molecule has 1 aliphatic carbocycles. The van der Waals surface area contributed by atoms with Gasteiger partial charge in [0.05, 0.1) is 11.0 Å². The van der Waals surface area contributed by atoms with Gasteiger partial charge in [-0.3, -0.25) is 9.59 Å². The number of benzene rings is 1. The number of amides is 1. The summed E-state index contributed by atoms with van der Waals surface area (Å²) in [6.07, 6.45) is 2.92. The maximum absolute atomic E-state index is 12.1. The summed E-state index contributed by atoms with van der Waals surface area (Å²) in [5.41, 5.74) is 0.714. The third-order valence-corrected chi connectivity index (χ3v) is 3.73.